The molecular weight excluding hydrogens is 1020 g/mol. The van der Waals surface area contributed by atoms with E-state index in [9.17, 15) is 19.8 Å². The van der Waals surface area contributed by atoms with E-state index in [0.29, 0.717) is 19.4 Å². The van der Waals surface area contributed by atoms with Crippen molar-refractivity contribution in [1.29, 1.82) is 0 Å². The standard InChI is InChI=1S/C77H147NO5/c1-3-5-7-9-11-13-15-17-19-38-43-47-51-55-59-63-67-71-77(82)83-72-68-64-60-56-52-48-44-40-37-35-33-31-29-27-25-23-21-22-24-26-28-30-32-34-36-39-42-46-50-54-58-62-66-70-76(81)78-74(73-79)75(80)69-65-61-57-53-49-45-41-20-18-16-14-12-10-8-6-4-2/h25,27,31,33,65,69,74-75,79-80H,3-24,26,28-30,32,34-64,66-68,70-73H2,1-2H3,(H,78,81)/b27-25-,33-31-,69-65+. The molecule has 3 N–H and O–H groups in total. The molecule has 2 unspecified atom stereocenters. The van der Waals surface area contributed by atoms with Crippen molar-refractivity contribution < 1.29 is 24.5 Å². The summed E-state index contributed by atoms with van der Waals surface area (Å²) >= 11 is 0. The van der Waals surface area contributed by atoms with Gasteiger partial charge in [0.15, 0.2) is 0 Å². The first kappa shape index (κ1) is 81.1. The smallest absolute Gasteiger partial charge is 0.305 e. The lowest BCUT2D eigenvalue weighted by atomic mass is 10.0. The van der Waals surface area contributed by atoms with E-state index in [1.54, 1.807) is 6.08 Å². The number of allylic oxidation sites excluding steroid dienone is 5. The van der Waals surface area contributed by atoms with Gasteiger partial charge in [-0.1, -0.05) is 378 Å². The number of ether oxygens (including phenoxy) is 1. The Morgan fingerprint density at radius 2 is 0.602 bits per heavy atom. The SMILES string of the molecule is CCCCCCCCCCCCCCCC/C=C/C(O)C(CO)NC(=O)CCCCCCCCCCCCCCCCCCC/C=C\C/C=C\CCCCCCCCCCCOC(=O)CCCCCCCCCCCCCCCCCCC. The minimum Gasteiger partial charge on any atom is -0.466 e. The number of carbonyl (C=O) groups is 2. The number of esters is 1. The largest absolute Gasteiger partial charge is 0.466 e. The van der Waals surface area contributed by atoms with Gasteiger partial charge in [-0.15, -0.1) is 0 Å². The highest BCUT2D eigenvalue weighted by Crippen LogP contribution is 2.19. The van der Waals surface area contributed by atoms with Crippen LogP contribution in [0, 0.1) is 0 Å². The van der Waals surface area contributed by atoms with Crippen LogP contribution in [0.5, 0.6) is 0 Å². The Hall–Kier alpha value is -1.92. The molecule has 0 aromatic carbocycles. The molecule has 0 saturated carbocycles. The second-order valence-electron chi connectivity index (χ2n) is 26.0. The van der Waals surface area contributed by atoms with Gasteiger partial charge in [-0.3, -0.25) is 9.59 Å². The normalized spacial score (nSPS) is 12.7. The molecule has 0 saturated heterocycles. The molecule has 0 fully saturated rings. The van der Waals surface area contributed by atoms with Gasteiger partial charge in [0.05, 0.1) is 25.4 Å². The number of unbranched alkanes of at least 4 members (excludes halogenated alkanes) is 56. The molecule has 490 valence electrons. The zero-order valence-corrected chi connectivity index (χ0v) is 56.2. The van der Waals surface area contributed by atoms with Crippen molar-refractivity contribution in [2.75, 3.05) is 13.2 Å². The van der Waals surface area contributed by atoms with E-state index < -0.39 is 12.1 Å². The van der Waals surface area contributed by atoms with E-state index in [2.05, 4.69) is 43.5 Å². The van der Waals surface area contributed by atoms with Crippen LogP contribution in [-0.2, 0) is 14.3 Å². The second-order valence-corrected chi connectivity index (χ2v) is 26.0. The fourth-order valence-electron chi connectivity index (χ4n) is 11.9. The molecule has 1 amide bonds. The highest BCUT2D eigenvalue weighted by atomic mass is 16.5. The molecule has 2 atom stereocenters. The van der Waals surface area contributed by atoms with Gasteiger partial charge in [-0.2, -0.15) is 0 Å². The van der Waals surface area contributed by atoms with E-state index in [-0.39, 0.29) is 18.5 Å². The number of aliphatic hydroxyl groups excluding tert-OH is 2. The third-order valence-electron chi connectivity index (χ3n) is 17.7. The average molecular weight is 1170 g/mol. The van der Waals surface area contributed by atoms with Gasteiger partial charge in [0.2, 0.25) is 5.91 Å². The quantitative estimate of drug-likeness (QED) is 0.0320. The fourth-order valence-corrected chi connectivity index (χ4v) is 11.9. The van der Waals surface area contributed by atoms with Crippen LogP contribution in [-0.4, -0.2) is 47.4 Å². The fraction of sp³-hybridized carbons (Fsp3) is 0.896. The van der Waals surface area contributed by atoms with E-state index in [0.717, 1.165) is 44.9 Å². The maximum atomic E-state index is 12.5. The molecule has 0 spiro atoms. The summed E-state index contributed by atoms with van der Waals surface area (Å²) in [5.41, 5.74) is 0. The summed E-state index contributed by atoms with van der Waals surface area (Å²) in [7, 11) is 0. The van der Waals surface area contributed by atoms with E-state index >= 15 is 0 Å². The Morgan fingerprint density at radius 3 is 0.916 bits per heavy atom. The second kappa shape index (κ2) is 72.6. The van der Waals surface area contributed by atoms with Gasteiger partial charge < -0.3 is 20.3 Å². The molecule has 0 bridgehead atoms. The van der Waals surface area contributed by atoms with Crippen molar-refractivity contribution >= 4 is 11.9 Å². The molecule has 0 aliphatic carbocycles. The van der Waals surface area contributed by atoms with E-state index in [1.807, 2.05) is 6.08 Å². The van der Waals surface area contributed by atoms with Crippen molar-refractivity contribution in [3.8, 4) is 0 Å². The topological polar surface area (TPSA) is 95.9 Å². The summed E-state index contributed by atoms with van der Waals surface area (Å²) < 4.78 is 5.51. The van der Waals surface area contributed by atoms with Crippen molar-refractivity contribution in [2.24, 2.45) is 0 Å². The van der Waals surface area contributed by atoms with Gasteiger partial charge in [0.1, 0.15) is 0 Å². The predicted octanol–water partition coefficient (Wildman–Crippen LogP) is 24.7. The number of carbonyl (C=O) groups excluding carboxylic acids is 2. The Kier molecular flexibility index (Phi) is 70.9. The molecule has 83 heavy (non-hydrogen) atoms. The van der Waals surface area contributed by atoms with Crippen LogP contribution in [0.25, 0.3) is 0 Å². The zero-order chi connectivity index (χ0) is 59.9. The van der Waals surface area contributed by atoms with E-state index in [1.165, 1.54) is 347 Å². The molecule has 6 nitrogen and oxygen atoms in total. The molecule has 0 aliphatic heterocycles. The Bertz CT molecular complexity index is 1340. The Labute approximate surface area is 519 Å². The molecule has 0 heterocycles. The van der Waals surface area contributed by atoms with Crippen LogP contribution >= 0.6 is 0 Å². The van der Waals surface area contributed by atoms with Crippen LogP contribution in [0.3, 0.4) is 0 Å². The van der Waals surface area contributed by atoms with Crippen LogP contribution < -0.4 is 5.32 Å². The first-order valence-electron chi connectivity index (χ1n) is 37.8. The lowest BCUT2D eigenvalue weighted by Gasteiger charge is -2.20. The zero-order valence-electron chi connectivity index (χ0n) is 56.2. The van der Waals surface area contributed by atoms with Gasteiger partial charge in [-0.05, 0) is 64.2 Å². The van der Waals surface area contributed by atoms with Gasteiger partial charge in [0.25, 0.3) is 0 Å². The minimum atomic E-state index is -0.843. The molecule has 0 radical (unpaired) electrons. The Balaban J connectivity index is 3.38. The lowest BCUT2D eigenvalue weighted by molar-refractivity contribution is -0.143. The lowest BCUT2D eigenvalue weighted by Crippen LogP contribution is -2.45. The number of nitrogens with one attached hydrogen (secondary N) is 1. The maximum Gasteiger partial charge on any atom is 0.305 e. The van der Waals surface area contributed by atoms with Gasteiger partial charge >= 0.3 is 5.97 Å². The summed E-state index contributed by atoms with van der Waals surface area (Å²) in [6.07, 6.45) is 93.9. The third kappa shape index (κ3) is 69.1. The van der Waals surface area contributed by atoms with Gasteiger partial charge in [-0.25, -0.2) is 0 Å². The molecule has 0 aromatic rings. The van der Waals surface area contributed by atoms with Crippen molar-refractivity contribution in [3.05, 3.63) is 36.5 Å². The van der Waals surface area contributed by atoms with Crippen molar-refractivity contribution in [1.82, 2.24) is 5.32 Å². The maximum absolute atomic E-state index is 12.5. The predicted molar refractivity (Wildman–Crippen MR) is 366 cm³/mol. The third-order valence-corrected chi connectivity index (χ3v) is 17.7. The molecule has 0 aromatic heterocycles. The van der Waals surface area contributed by atoms with Crippen molar-refractivity contribution in [2.45, 2.75) is 431 Å². The number of amides is 1. The summed E-state index contributed by atoms with van der Waals surface area (Å²) in [4.78, 5) is 24.6. The van der Waals surface area contributed by atoms with Crippen LogP contribution in [0.2, 0.25) is 0 Å². The summed E-state index contributed by atoms with van der Waals surface area (Å²) in [5, 5.41) is 23.2. The average Bonchev–Trinajstić information content (AvgIpc) is 3.49. The number of aliphatic hydroxyl groups is 2. The highest BCUT2D eigenvalue weighted by Gasteiger charge is 2.18. The highest BCUT2D eigenvalue weighted by molar-refractivity contribution is 5.76. The van der Waals surface area contributed by atoms with Gasteiger partial charge in [0, 0.05) is 12.8 Å². The molecule has 0 rings (SSSR count). The monoisotopic (exact) mass is 1170 g/mol. The summed E-state index contributed by atoms with van der Waals surface area (Å²) in [6, 6.07) is -0.627. The molecule has 6 heteroatoms. The van der Waals surface area contributed by atoms with Crippen molar-refractivity contribution in [3.63, 3.8) is 0 Å². The summed E-state index contributed by atoms with van der Waals surface area (Å²) in [5.74, 6) is -0.0448. The minimum absolute atomic E-state index is 0.0185. The first-order valence-corrected chi connectivity index (χ1v) is 37.8. The number of hydrogen-bond donors (Lipinski definition) is 3. The van der Waals surface area contributed by atoms with Crippen LogP contribution in [0.1, 0.15) is 418 Å². The summed E-state index contributed by atoms with van der Waals surface area (Å²) in [6.45, 7) is 4.94. The Morgan fingerprint density at radius 1 is 0.337 bits per heavy atom. The van der Waals surface area contributed by atoms with Crippen LogP contribution in [0.15, 0.2) is 36.5 Å². The number of rotatable bonds is 71. The van der Waals surface area contributed by atoms with Crippen LogP contribution in [0.4, 0.5) is 0 Å². The number of hydrogen-bond acceptors (Lipinski definition) is 5. The van der Waals surface area contributed by atoms with E-state index in [4.69, 9.17) is 4.74 Å². The molecular formula is C77H147NO5. The first-order chi connectivity index (χ1) is 41.0. The molecule has 0 aliphatic rings.